The van der Waals surface area contributed by atoms with Gasteiger partial charge < -0.3 is 10.1 Å². The highest BCUT2D eigenvalue weighted by Gasteiger charge is 2.21. The number of aryl methyl sites for hydroxylation is 1. The molecule has 0 unspecified atom stereocenters. The molecule has 25 heavy (non-hydrogen) atoms. The van der Waals surface area contributed by atoms with E-state index in [2.05, 4.69) is 15.6 Å². The number of nitrogens with one attached hydrogen (secondary N) is 1. The molecule has 0 aliphatic heterocycles. The Bertz CT molecular complexity index is 877. The molecule has 3 rings (SSSR count). The number of para-hydroxylation sites is 1. The lowest BCUT2D eigenvalue weighted by molar-refractivity contribution is -0.122. The largest absolute Gasteiger partial charge is 0.478 e. The number of carbonyl (C=O) groups is 1. The van der Waals surface area contributed by atoms with Crippen molar-refractivity contribution in [1.82, 2.24) is 10.3 Å². The molecule has 1 aromatic heterocycles. The van der Waals surface area contributed by atoms with Crippen LogP contribution in [-0.2, 0) is 4.79 Å². The Hall–Kier alpha value is -3.22. The van der Waals surface area contributed by atoms with Crippen molar-refractivity contribution >= 4 is 11.7 Å². The van der Waals surface area contributed by atoms with Crippen molar-refractivity contribution in [2.45, 2.75) is 20.0 Å². The second-order valence-electron chi connectivity index (χ2n) is 5.51. The van der Waals surface area contributed by atoms with Crippen molar-refractivity contribution in [3.05, 3.63) is 59.9 Å². The van der Waals surface area contributed by atoms with Crippen LogP contribution in [0.25, 0.3) is 11.3 Å². The van der Waals surface area contributed by atoms with Crippen LogP contribution >= 0.6 is 0 Å². The van der Waals surface area contributed by atoms with Crippen molar-refractivity contribution < 1.29 is 18.6 Å². The van der Waals surface area contributed by atoms with Gasteiger partial charge in [-0.3, -0.25) is 4.79 Å². The summed E-state index contributed by atoms with van der Waals surface area (Å²) >= 11 is 0. The van der Waals surface area contributed by atoms with Crippen LogP contribution in [0.3, 0.4) is 0 Å². The molecule has 0 bridgehead atoms. The first-order valence-electron chi connectivity index (χ1n) is 7.66. The Morgan fingerprint density at radius 3 is 2.60 bits per heavy atom. The molecule has 6 nitrogen and oxygen atoms in total. The average molecular weight is 341 g/mol. The van der Waals surface area contributed by atoms with E-state index in [9.17, 15) is 9.18 Å². The van der Waals surface area contributed by atoms with E-state index in [1.54, 1.807) is 12.1 Å². The number of aromatic nitrogens is 2. The molecular weight excluding hydrogens is 325 g/mol. The van der Waals surface area contributed by atoms with Gasteiger partial charge in [0.2, 0.25) is 5.82 Å². The van der Waals surface area contributed by atoms with E-state index in [-0.39, 0.29) is 11.6 Å². The number of hydrogen-bond acceptors (Lipinski definition) is 5. The number of ether oxygens (including phenoxy) is 1. The van der Waals surface area contributed by atoms with Gasteiger partial charge >= 0.3 is 0 Å². The monoisotopic (exact) mass is 341 g/mol. The first-order valence-corrected chi connectivity index (χ1v) is 7.66. The standard InChI is InChI=1S/C18H16FN3O3/c1-11-7-9-13(10-8-11)16-17(22-25-21-16)20-18(23)12(2)24-15-6-4-3-5-14(15)19/h3-10,12H,1-2H3,(H,20,22,23)/t12-/m0/s1. The molecule has 1 atom stereocenters. The van der Waals surface area contributed by atoms with Crippen molar-refractivity contribution in [3.8, 4) is 17.0 Å². The van der Waals surface area contributed by atoms with Gasteiger partial charge in [0, 0.05) is 5.56 Å². The smallest absolute Gasteiger partial charge is 0.266 e. The first kappa shape index (κ1) is 16.6. The van der Waals surface area contributed by atoms with E-state index in [0.717, 1.165) is 11.1 Å². The summed E-state index contributed by atoms with van der Waals surface area (Å²) in [5.74, 6) is -0.849. The Balaban J connectivity index is 1.72. The van der Waals surface area contributed by atoms with Crippen LogP contribution in [0.4, 0.5) is 10.2 Å². The highest BCUT2D eigenvalue weighted by atomic mass is 19.1. The second-order valence-corrected chi connectivity index (χ2v) is 5.51. The van der Waals surface area contributed by atoms with E-state index in [4.69, 9.17) is 9.37 Å². The van der Waals surface area contributed by atoms with Crippen LogP contribution < -0.4 is 10.1 Å². The van der Waals surface area contributed by atoms with E-state index >= 15 is 0 Å². The maximum atomic E-state index is 13.6. The minimum Gasteiger partial charge on any atom is -0.478 e. The molecule has 0 saturated heterocycles. The Morgan fingerprint density at radius 2 is 1.88 bits per heavy atom. The fraction of sp³-hybridized carbons (Fsp3) is 0.167. The number of hydrogen-bond donors (Lipinski definition) is 1. The van der Waals surface area contributed by atoms with Gasteiger partial charge in [-0.15, -0.1) is 0 Å². The molecule has 0 fully saturated rings. The number of anilines is 1. The summed E-state index contributed by atoms with van der Waals surface area (Å²) in [6.45, 7) is 3.48. The van der Waals surface area contributed by atoms with Crippen LogP contribution in [0.5, 0.6) is 5.75 Å². The fourth-order valence-electron chi connectivity index (χ4n) is 2.17. The number of carbonyl (C=O) groups excluding carboxylic acids is 1. The predicted octanol–water partition coefficient (Wildman–Crippen LogP) is 3.59. The van der Waals surface area contributed by atoms with Crippen LogP contribution in [0.2, 0.25) is 0 Å². The topological polar surface area (TPSA) is 77.3 Å². The Morgan fingerprint density at radius 1 is 1.16 bits per heavy atom. The van der Waals surface area contributed by atoms with Crippen molar-refractivity contribution in [2.75, 3.05) is 5.32 Å². The first-order chi connectivity index (χ1) is 12.0. The molecule has 1 N–H and O–H groups in total. The summed E-state index contributed by atoms with van der Waals surface area (Å²) in [5.41, 5.74) is 2.26. The number of benzene rings is 2. The van der Waals surface area contributed by atoms with E-state index < -0.39 is 17.8 Å². The highest BCUT2D eigenvalue weighted by Crippen LogP contribution is 2.25. The lowest BCUT2D eigenvalue weighted by Crippen LogP contribution is -2.30. The van der Waals surface area contributed by atoms with Crippen LogP contribution in [0.15, 0.2) is 53.2 Å². The average Bonchev–Trinajstić information content (AvgIpc) is 3.05. The minimum atomic E-state index is -0.931. The van der Waals surface area contributed by atoms with Gasteiger partial charge in [-0.1, -0.05) is 42.0 Å². The summed E-state index contributed by atoms with van der Waals surface area (Å²) in [6.07, 6.45) is -0.931. The van der Waals surface area contributed by atoms with Crippen LogP contribution in [0, 0.1) is 12.7 Å². The molecule has 0 spiro atoms. The summed E-state index contributed by atoms with van der Waals surface area (Å²) in [7, 11) is 0. The summed E-state index contributed by atoms with van der Waals surface area (Å²) in [4.78, 5) is 12.3. The van der Waals surface area contributed by atoms with E-state index in [0.29, 0.717) is 5.69 Å². The van der Waals surface area contributed by atoms with Crippen molar-refractivity contribution in [2.24, 2.45) is 0 Å². The zero-order valence-electron chi connectivity index (χ0n) is 13.7. The third-order valence-electron chi connectivity index (χ3n) is 3.56. The third kappa shape index (κ3) is 3.82. The van der Waals surface area contributed by atoms with E-state index in [1.165, 1.54) is 19.1 Å². The third-order valence-corrected chi connectivity index (χ3v) is 3.56. The van der Waals surface area contributed by atoms with Crippen LogP contribution in [-0.4, -0.2) is 22.3 Å². The van der Waals surface area contributed by atoms with Gasteiger partial charge in [0.25, 0.3) is 5.91 Å². The summed E-state index contributed by atoms with van der Waals surface area (Å²) in [5, 5.41) is 10.1. The van der Waals surface area contributed by atoms with Gasteiger partial charge in [0.1, 0.15) is 0 Å². The Kier molecular flexibility index (Phi) is 4.74. The molecule has 7 heteroatoms. The Labute approximate surface area is 143 Å². The predicted molar refractivity (Wildman–Crippen MR) is 89.6 cm³/mol. The van der Waals surface area contributed by atoms with E-state index in [1.807, 2.05) is 31.2 Å². The molecule has 0 saturated carbocycles. The van der Waals surface area contributed by atoms with Gasteiger partial charge in [-0.05, 0) is 36.3 Å². The zero-order valence-corrected chi connectivity index (χ0v) is 13.7. The maximum absolute atomic E-state index is 13.6. The SMILES string of the molecule is Cc1ccc(-c2nonc2NC(=O)[C@H](C)Oc2ccccc2F)cc1. The van der Waals surface area contributed by atoms with Gasteiger partial charge in [-0.2, -0.15) is 0 Å². The summed E-state index contributed by atoms with van der Waals surface area (Å²) in [6, 6.07) is 13.4. The van der Waals surface area contributed by atoms with Crippen molar-refractivity contribution in [1.29, 1.82) is 0 Å². The molecular formula is C18H16FN3O3. The molecule has 2 aromatic carbocycles. The zero-order chi connectivity index (χ0) is 17.8. The molecule has 3 aromatic rings. The van der Waals surface area contributed by atoms with Gasteiger partial charge in [0.05, 0.1) is 0 Å². The lowest BCUT2D eigenvalue weighted by atomic mass is 10.1. The highest BCUT2D eigenvalue weighted by molar-refractivity contribution is 5.95. The lowest BCUT2D eigenvalue weighted by Gasteiger charge is -2.14. The number of amides is 1. The number of halogens is 1. The van der Waals surface area contributed by atoms with Gasteiger partial charge in [-0.25, -0.2) is 9.02 Å². The van der Waals surface area contributed by atoms with Crippen molar-refractivity contribution in [3.63, 3.8) is 0 Å². The molecule has 0 radical (unpaired) electrons. The normalized spacial score (nSPS) is 11.8. The summed E-state index contributed by atoms with van der Waals surface area (Å²) < 4.78 is 23.7. The van der Waals surface area contributed by atoms with Gasteiger partial charge in [0.15, 0.2) is 23.4 Å². The fourth-order valence-corrected chi connectivity index (χ4v) is 2.17. The molecule has 1 heterocycles. The quantitative estimate of drug-likeness (QED) is 0.767. The second kappa shape index (κ2) is 7.12. The van der Waals surface area contributed by atoms with Crippen LogP contribution in [0.1, 0.15) is 12.5 Å². The molecule has 128 valence electrons. The molecule has 0 aliphatic carbocycles. The number of rotatable bonds is 5. The maximum Gasteiger partial charge on any atom is 0.266 e. The number of nitrogens with zero attached hydrogens (tertiary/aromatic N) is 2. The molecule has 0 aliphatic rings. The molecule has 1 amide bonds. The minimum absolute atomic E-state index is 0.00202.